The number of benzene rings is 3. The first kappa shape index (κ1) is 57.2. The summed E-state index contributed by atoms with van der Waals surface area (Å²) in [6.45, 7) is 5.40. The van der Waals surface area contributed by atoms with Crippen LogP contribution in [0.2, 0.25) is 0 Å². The van der Waals surface area contributed by atoms with Gasteiger partial charge in [-0.25, -0.2) is 29.9 Å². The number of nitrogens with one attached hydrogen (secondary N) is 1. The van der Waals surface area contributed by atoms with Gasteiger partial charge in [-0.3, -0.25) is 19.4 Å². The van der Waals surface area contributed by atoms with Crippen LogP contribution < -0.4 is 40.7 Å². The summed E-state index contributed by atoms with van der Waals surface area (Å²) >= 11 is 0. The van der Waals surface area contributed by atoms with Crippen molar-refractivity contribution >= 4 is 48.9 Å². The molecular formula is C53H43F6N11O10S. The summed E-state index contributed by atoms with van der Waals surface area (Å²) in [7, 11) is -5.99. The van der Waals surface area contributed by atoms with E-state index in [9.17, 15) is 54.3 Å². The number of hydrogen-bond donors (Lipinski definition) is 2. The largest absolute Gasteiger partial charge is 0.534 e. The maximum Gasteiger partial charge on any atom is 0.534 e. The second kappa shape index (κ2) is 24.4. The first-order chi connectivity index (χ1) is 38.6. The number of aromatic nitrogens is 10. The van der Waals surface area contributed by atoms with Gasteiger partial charge in [-0.1, -0.05) is 97.1 Å². The standard InChI is InChI=1S/C22H18F3N5O2.C16H12F3N3O5S.C15H13N3O3/c1-14-20-17(26-10-16-7-8-18(27-11-16)22(23,24)25)9-19(31)30(21(20)29-13-28-14)32-12-15-5-3-2-4-6-15;1-10-14-12(27-28(24,25)16(17,18)19)7-13(23)22(15(14)21-9-20-10)26-8-11-5-3-2-4-6-11;1-10-14-12(19)7-13(20)18(15(14)17-9-16-10)21-8-11-5-3-2-4-6-11/h2-9,11,13,26H,10,12H2,1H3;2-7,9H,8H2,1H3;2-7,9,19H,8H2,1H3. The Morgan fingerprint density at radius 1 is 0.519 bits per heavy atom. The van der Waals surface area contributed by atoms with Gasteiger partial charge in [0.05, 0.1) is 45.0 Å². The molecule has 0 aliphatic rings. The Bertz CT molecular complexity index is 4160. The van der Waals surface area contributed by atoms with Gasteiger partial charge < -0.3 is 29.1 Å². The molecule has 0 aliphatic carbocycles. The molecule has 7 aromatic heterocycles. The van der Waals surface area contributed by atoms with E-state index in [-0.39, 0.29) is 60.1 Å². The van der Waals surface area contributed by atoms with Crippen molar-refractivity contribution in [3.63, 3.8) is 0 Å². The van der Waals surface area contributed by atoms with Gasteiger partial charge in [-0.05, 0) is 49.1 Å². The molecule has 81 heavy (non-hydrogen) atoms. The molecule has 0 radical (unpaired) electrons. The van der Waals surface area contributed by atoms with Crippen molar-refractivity contribution in [1.29, 1.82) is 0 Å². The first-order valence-corrected chi connectivity index (χ1v) is 25.1. The highest BCUT2D eigenvalue weighted by Gasteiger charge is 2.49. The van der Waals surface area contributed by atoms with Crippen LogP contribution in [0.4, 0.5) is 32.0 Å². The minimum atomic E-state index is -5.99. The molecule has 21 nitrogen and oxygen atoms in total. The zero-order valence-corrected chi connectivity index (χ0v) is 43.3. The Morgan fingerprint density at radius 2 is 0.938 bits per heavy atom. The Kier molecular flexibility index (Phi) is 17.2. The van der Waals surface area contributed by atoms with E-state index in [4.69, 9.17) is 14.5 Å². The van der Waals surface area contributed by atoms with Crippen LogP contribution in [0.25, 0.3) is 33.1 Å². The van der Waals surface area contributed by atoms with Crippen LogP contribution in [0.3, 0.4) is 0 Å². The van der Waals surface area contributed by atoms with Crippen molar-refractivity contribution in [3.8, 4) is 11.5 Å². The molecule has 2 N–H and O–H groups in total. The summed E-state index contributed by atoms with van der Waals surface area (Å²) in [5, 5.41) is 13.7. The van der Waals surface area contributed by atoms with Crippen LogP contribution in [0.5, 0.6) is 11.5 Å². The zero-order valence-electron chi connectivity index (χ0n) is 42.5. The number of aromatic hydroxyl groups is 1. The van der Waals surface area contributed by atoms with Crippen LogP contribution >= 0.6 is 0 Å². The van der Waals surface area contributed by atoms with Crippen molar-refractivity contribution in [2.24, 2.45) is 0 Å². The SMILES string of the molecule is Cc1ncnc2c1c(NCc1ccc(C(F)(F)F)nc1)cc(=O)n2OCc1ccccc1.Cc1ncnc2c1c(O)cc(=O)n2OCc1ccccc1.Cc1ncnc2c1c(OS(=O)(=O)C(F)(F)F)cc(=O)n2OCc1ccccc1. The number of rotatable bonds is 14. The molecule has 0 aliphatic heterocycles. The third-order valence-electron chi connectivity index (χ3n) is 11.5. The van der Waals surface area contributed by atoms with Crippen molar-refractivity contribution in [3.05, 3.63) is 223 Å². The molecule has 0 amide bonds. The van der Waals surface area contributed by atoms with Gasteiger partial charge in [0.15, 0.2) is 22.7 Å². The molecule has 418 valence electrons. The molecule has 7 heterocycles. The summed E-state index contributed by atoms with van der Waals surface area (Å²) in [6, 6.07) is 32.9. The molecule has 10 rings (SSSR count). The van der Waals surface area contributed by atoms with Crippen LogP contribution in [0.15, 0.2) is 161 Å². The average Bonchev–Trinajstić information content (AvgIpc) is 3.58. The second-order valence-corrected chi connectivity index (χ2v) is 18.7. The maximum atomic E-state index is 12.8. The van der Waals surface area contributed by atoms with E-state index in [1.807, 2.05) is 60.7 Å². The van der Waals surface area contributed by atoms with Gasteiger partial charge in [0.1, 0.15) is 50.2 Å². The van der Waals surface area contributed by atoms with E-state index >= 15 is 0 Å². The number of pyridine rings is 4. The van der Waals surface area contributed by atoms with E-state index in [1.165, 1.54) is 31.7 Å². The number of nitrogens with zero attached hydrogens (tertiary/aromatic N) is 10. The number of hydrogen-bond acceptors (Lipinski definition) is 18. The predicted molar refractivity (Wildman–Crippen MR) is 280 cm³/mol. The minimum Gasteiger partial charge on any atom is -0.507 e. The zero-order chi connectivity index (χ0) is 58.1. The second-order valence-electron chi connectivity index (χ2n) is 17.1. The van der Waals surface area contributed by atoms with Crippen LogP contribution in [-0.4, -0.2) is 68.1 Å². The summed E-state index contributed by atoms with van der Waals surface area (Å²) in [6.07, 6.45) is 0.371. The lowest BCUT2D eigenvalue weighted by molar-refractivity contribution is -0.141. The molecule has 0 atom stereocenters. The summed E-state index contributed by atoms with van der Waals surface area (Å²) in [4.78, 5) is 81.4. The summed E-state index contributed by atoms with van der Waals surface area (Å²) in [5.74, 6) is -0.984. The topological polar surface area (TPSA) is 260 Å². The number of fused-ring (bicyclic) bond motifs is 3. The van der Waals surface area contributed by atoms with Gasteiger partial charge in [0.25, 0.3) is 16.7 Å². The molecule has 10 aromatic rings. The highest BCUT2D eigenvalue weighted by atomic mass is 32.2. The third-order valence-corrected chi connectivity index (χ3v) is 12.4. The van der Waals surface area contributed by atoms with Gasteiger partial charge in [-0.15, -0.1) is 14.2 Å². The fourth-order valence-corrected chi connectivity index (χ4v) is 8.05. The van der Waals surface area contributed by atoms with E-state index in [2.05, 4.69) is 44.4 Å². The highest BCUT2D eigenvalue weighted by molar-refractivity contribution is 7.88. The molecule has 0 spiro atoms. The first-order valence-electron chi connectivity index (χ1n) is 23.7. The number of anilines is 1. The fourth-order valence-electron chi connectivity index (χ4n) is 7.59. The molecule has 0 saturated carbocycles. The Morgan fingerprint density at radius 3 is 1.38 bits per heavy atom. The predicted octanol–water partition coefficient (Wildman–Crippen LogP) is 7.15. The molecule has 0 bridgehead atoms. The highest BCUT2D eigenvalue weighted by Crippen LogP contribution is 2.32. The van der Waals surface area contributed by atoms with Crippen molar-refractivity contribution in [2.45, 2.75) is 58.8 Å². The normalized spacial score (nSPS) is 11.5. The van der Waals surface area contributed by atoms with Crippen LogP contribution in [0, 0.1) is 20.8 Å². The van der Waals surface area contributed by atoms with Crippen molar-refractivity contribution in [1.82, 2.24) is 49.1 Å². The number of aryl methyl sites for hydroxylation is 3. The monoisotopic (exact) mass is 1140 g/mol. The van der Waals surface area contributed by atoms with Crippen molar-refractivity contribution in [2.75, 3.05) is 5.32 Å². The molecule has 0 saturated heterocycles. The van der Waals surface area contributed by atoms with E-state index in [0.29, 0.717) is 45.0 Å². The fraction of sp³-hybridized carbons (Fsp3) is 0.170. The molecule has 3 aromatic carbocycles. The minimum absolute atomic E-state index is 0.0417. The third kappa shape index (κ3) is 13.7. The summed E-state index contributed by atoms with van der Waals surface area (Å²) < 4.78 is 106. The van der Waals surface area contributed by atoms with Crippen molar-refractivity contribution < 1.29 is 58.6 Å². The average molecular weight is 1140 g/mol. The smallest absolute Gasteiger partial charge is 0.507 e. The molecular weight excluding hydrogens is 1100 g/mol. The Labute approximate surface area is 453 Å². The van der Waals surface area contributed by atoms with Gasteiger partial charge in [0, 0.05) is 24.9 Å². The van der Waals surface area contributed by atoms with Gasteiger partial charge in [-0.2, -0.15) is 34.8 Å². The number of halogens is 6. The molecule has 0 unspecified atom stereocenters. The molecule has 0 fully saturated rings. The van der Waals surface area contributed by atoms with Crippen LogP contribution in [0.1, 0.15) is 45.0 Å². The van der Waals surface area contributed by atoms with Gasteiger partial charge >= 0.3 is 21.8 Å². The maximum absolute atomic E-state index is 12.8. The van der Waals surface area contributed by atoms with Crippen LogP contribution in [-0.2, 0) is 42.7 Å². The van der Waals surface area contributed by atoms with Gasteiger partial charge in [0.2, 0.25) is 0 Å². The Hall–Kier alpha value is -9.99. The molecule has 28 heteroatoms. The van der Waals surface area contributed by atoms with E-state index < -0.39 is 49.9 Å². The lowest BCUT2D eigenvalue weighted by Gasteiger charge is -2.15. The lowest BCUT2D eigenvalue weighted by Crippen LogP contribution is -2.31. The lowest BCUT2D eigenvalue weighted by atomic mass is 10.2. The Balaban J connectivity index is 0.000000163. The van der Waals surface area contributed by atoms with E-state index in [1.54, 1.807) is 44.2 Å². The summed E-state index contributed by atoms with van der Waals surface area (Å²) in [5.41, 5.74) is -3.43. The quantitative estimate of drug-likeness (QED) is 0.0622. The van der Waals surface area contributed by atoms with E-state index in [0.717, 1.165) is 50.0 Å². The number of alkyl halides is 6.